The van der Waals surface area contributed by atoms with E-state index in [1.54, 1.807) is 0 Å². The number of hydrogen-bond donors (Lipinski definition) is 0. The molecular formula is C23H36O4S. The van der Waals surface area contributed by atoms with Crippen LogP contribution >= 0.6 is 12.2 Å². The first-order valence-corrected chi connectivity index (χ1v) is 10.9. The Labute approximate surface area is 175 Å². The molecule has 0 N–H and O–H groups in total. The van der Waals surface area contributed by atoms with Crippen LogP contribution < -0.4 is 4.74 Å². The quantitative estimate of drug-likeness (QED) is 0.435. The maximum atomic E-state index is 6.06. The molecule has 1 aromatic carbocycles. The van der Waals surface area contributed by atoms with Crippen LogP contribution in [0.4, 0.5) is 0 Å². The van der Waals surface area contributed by atoms with Crippen LogP contribution in [0.25, 0.3) is 0 Å². The van der Waals surface area contributed by atoms with E-state index < -0.39 is 5.79 Å². The van der Waals surface area contributed by atoms with Crippen LogP contribution in [0.15, 0.2) is 30.3 Å². The Bertz CT molecular complexity index is 590. The molecule has 0 spiro atoms. The Morgan fingerprint density at radius 2 is 1.86 bits per heavy atom. The highest BCUT2D eigenvalue weighted by Gasteiger charge is 2.39. The van der Waals surface area contributed by atoms with Gasteiger partial charge in [0.1, 0.15) is 18.0 Å². The van der Waals surface area contributed by atoms with Crippen molar-refractivity contribution in [2.75, 3.05) is 6.61 Å². The molecule has 0 saturated carbocycles. The third kappa shape index (κ3) is 8.06. The fraction of sp³-hybridized carbons (Fsp3) is 0.696. The zero-order chi connectivity index (χ0) is 20.6. The van der Waals surface area contributed by atoms with Gasteiger partial charge in [-0.25, -0.2) is 0 Å². The predicted octanol–water partition coefficient (Wildman–Crippen LogP) is 6.13. The van der Waals surface area contributed by atoms with Crippen molar-refractivity contribution < 1.29 is 18.9 Å². The van der Waals surface area contributed by atoms with E-state index in [0.717, 1.165) is 12.3 Å². The lowest BCUT2D eigenvalue weighted by Crippen LogP contribution is -2.36. The maximum Gasteiger partial charge on any atom is 0.358 e. The van der Waals surface area contributed by atoms with Gasteiger partial charge >= 0.3 is 5.24 Å². The minimum atomic E-state index is -0.589. The number of hydrogen-bond acceptors (Lipinski definition) is 5. The maximum absolute atomic E-state index is 6.06. The summed E-state index contributed by atoms with van der Waals surface area (Å²) >= 11 is 5.35. The number of benzene rings is 1. The summed E-state index contributed by atoms with van der Waals surface area (Å²) in [7, 11) is 0. The first kappa shape index (κ1) is 23.1. The third-order valence-corrected chi connectivity index (χ3v) is 5.54. The van der Waals surface area contributed by atoms with Gasteiger partial charge < -0.3 is 18.9 Å². The van der Waals surface area contributed by atoms with Gasteiger partial charge in [0.2, 0.25) is 0 Å². The van der Waals surface area contributed by atoms with Crippen molar-refractivity contribution in [2.45, 2.75) is 84.7 Å². The largest absolute Gasteiger partial charge is 0.450 e. The van der Waals surface area contributed by atoms with Gasteiger partial charge in [-0.1, -0.05) is 64.7 Å². The molecule has 1 saturated heterocycles. The minimum absolute atomic E-state index is 0.135. The SMILES string of the molecule is CC[C@@H](C)CCC[C@@H](C)C[C@H](OC(=S)Oc1ccccc1)[C@H]1COC(C)(C)O1. The standard InChI is InChI=1S/C23H36O4S/c1-6-17(2)11-10-12-18(3)15-20(21-16-24-23(4,5)27-21)26-22(28)25-19-13-8-7-9-14-19/h7-9,13-14,17-18,20-21H,6,10-12,15-16H2,1-5H3/t17-,18-,20+,21-/m1/s1. The highest BCUT2D eigenvalue weighted by atomic mass is 32.1. The van der Waals surface area contributed by atoms with Crippen LogP contribution in [0.1, 0.15) is 66.7 Å². The van der Waals surface area contributed by atoms with Gasteiger partial charge in [0.25, 0.3) is 0 Å². The smallest absolute Gasteiger partial charge is 0.358 e. The second-order valence-electron chi connectivity index (χ2n) is 8.47. The molecule has 4 nitrogen and oxygen atoms in total. The number of thiocarbonyl (C=S) groups is 1. The van der Waals surface area contributed by atoms with E-state index in [4.69, 9.17) is 31.2 Å². The Hall–Kier alpha value is -1.17. The van der Waals surface area contributed by atoms with Crippen LogP contribution in [0.3, 0.4) is 0 Å². The van der Waals surface area contributed by atoms with Gasteiger partial charge in [0, 0.05) is 12.2 Å². The molecule has 0 aliphatic carbocycles. The molecule has 0 aromatic heterocycles. The van der Waals surface area contributed by atoms with Crippen molar-refractivity contribution in [3.8, 4) is 5.75 Å². The van der Waals surface area contributed by atoms with E-state index in [-0.39, 0.29) is 17.4 Å². The van der Waals surface area contributed by atoms with E-state index in [0.29, 0.717) is 18.3 Å². The van der Waals surface area contributed by atoms with E-state index >= 15 is 0 Å². The summed E-state index contributed by atoms with van der Waals surface area (Å²) in [4.78, 5) is 0. The monoisotopic (exact) mass is 408 g/mol. The summed E-state index contributed by atoms with van der Waals surface area (Å²) in [6, 6.07) is 9.48. The summed E-state index contributed by atoms with van der Waals surface area (Å²) in [6.07, 6.45) is 5.46. The fourth-order valence-corrected chi connectivity index (χ4v) is 3.66. The van der Waals surface area contributed by atoms with Gasteiger partial charge in [0.05, 0.1) is 6.61 Å². The summed E-state index contributed by atoms with van der Waals surface area (Å²) in [5, 5.41) is 0.135. The second kappa shape index (κ2) is 11.1. The number of ether oxygens (including phenoxy) is 4. The van der Waals surface area contributed by atoms with Crippen LogP contribution in [-0.4, -0.2) is 29.8 Å². The summed E-state index contributed by atoms with van der Waals surface area (Å²) in [5.41, 5.74) is 0. The lowest BCUT2D eigenvalue weighted by atomic mass is 9.92. The lowest BCUT2D eigenvalue weighted by molar-refractivity contribution is -0.151. The molecule has 4 atom stereocenters. The molecule has 28 heavy (non-hydrogen) atoms. The minimum Gasteiger partial charge on any atom is -0.450 e. The van der Waals surface area contributed by atoms with Crippen molar-refractivity contribution in [3.05, 3.63) is 30.3 Å². The summed E-state index contributed by atoms with van der Waals surface area (Å²) in [6.45, 7) is 11.2. The van der Waals surface area contributed by atoms with Crippen LogP contribution in [0.5, 0.6) is 5.75 Å². The molecule has 1 fully saturated rings. The van der Waals surface area contributed by atoms with Gasteiger partial charge in [0.15, 0.2) is 5.79 Å². The van der Waals surface area contributed by atoms with Crippen molar-refractivity contribution in [1.29, 1.82) is 0 Å². The van der Waals surface area contributed by atoms with Gasteiger partial charge in [-0.3, -0.25) is 0 Å². The summed E-state index contributed by atoms with van der Waals surface area (Å²) < 4.78 is 23.5. The molecule has 0 unspecified atom stereocenters. The molecule has 1 aliphatic heterocycles. The zero-order valence-corrected chi connectivity index (χ0v) is 18.8. The van der Waals surface area contributed by atoms with E-state index in [1.807, 2.05) is 44.2 Å². The van der Waals surface area contributed by atoms with Crippen molar-refractivity contribution in [2.24, 2.45) is 11.8 Å². The zero-order valence-electron chi connectivity index (χ0n) is 18.0. The Morgan fingerprint density at radius 1 is 1.18 bits per heavy atom. The molecule has 0 amide bonds. The van der Waals surface area contributed by atoms with Crippen LogP contribution in [0.2, 0.25) is 0 Å². The molecule has 2 rings (SSSR count). The summed E-state index contributed by atoms with van der Waals surface area (Å²) in [5.74, 6) is 1.39. The lowest BCUT2D eigenvalue weighted by Gasteiger charge is -2.27. The molecule has 158 valence electrons. The molecular weight excluding hydrogens is 372 g/mol. The van der Waals surface area contributed by atoms with Crippen LogP contribution in [0, 0.1) is 11.8 Å². The second-order valence-corrected chi connectivity index (χ2v) is 8.81. The van der Waals surface area contributed by atoms with Crippen molar-refractivity contribution in [1.82, 2.24) is 0 Å². The first-order chi connectivity index (χ1) is 13.3. The average Bonchev–Trinajstić information content (AvgIpc) is 3.01. The van der Waals surface area contributed by atoms with Crippen molar-refractivity contribution in [3.63, 3.8) is 0 Å². The Balaban J connectivity index is 1.92. The van der Waals surface area contributed by atoms with E-state index in [9.17, 15) is 0 Å². The average molecular weight is 409 g/mol. The fourth-order valence-electron chi connectivity index (χ4n) is 3.44. The highest BCUT2D eigenvalue weighted by molar-refractivity contribution is 7.79. The first-order valence-electron chi connectivity index (χ1n) is 10.5. The molecule has 1 heterocycles. The third-order valence-electron chi connectivity index (χ3n) is 5.36. The molecule has 1 aromatic rings. The Kier molecular flexibility index (Phi) is 9.19. The molecule has 5 heteroatoms. The molecule has 1 aliphatic rings. The molecule has 0 bridgehead atoms. The van der Waals surface area contributed by atoms with Gasteiger partial charge in [-0.15, -0.1) is 0 Å². The highest BCUT2D eigenvalue weighted by Crippen LogP contribution is 2.29. The van der Waals surface area contributed by atoms with Gasteiger partial charge in [-0.05, 0) is 44.2 Å². The van der Waals surface area contributed by atoms with Crippen LogP contribution in [-0.2, 0) is 14.2 Å². The van der Waals surface area contributed by atoms with E-state index in [2.05, 4.69) is 20.8 Å². The normalized spacial score (nSPS) is 21.7. The Morgan fingerprint density at radius 3 is 2.46 bits per heavy atom. The molecule has 0 radical (unpaired) electrons. The van der Waals surface area contributed by atoms with Crippen molar-refractivity contribution >= 4 is 17.5 Å². The number of para-hydroxylation sites is 1. The number of rotatable bonds is 10. The van der Waals surface area contributed by atoms with E-state index in [1.165, 1.54) is 25.7 Å². The predicted molar refractivity (Wildman–Crippen MR) is 117 cm³/mol. The van der Waals surface area contributed by atoms with Gasteiger partial charge in [-0.2, -0.15) is 0 Å². The topological polar surface area (TPSA) is 36.9 Å².